The van der Waals surface area contributed by atoms with Crippen molar-refractivity contribution in [3.8, 4) is 0 Å². The first-order valence-electron chi connectivity index (χ1n) is 6.70. The lowest BCUT2D eigenvalue weighted by Gasteiger charge is -2.13. The third-order valence-corrected chi connectivity index (χ3v) is 3.24. The molecule has 2 heterocycles. The zero-order chi connectivity index (χ0) is 14.5. The molecule has 0 aromatic carbocycles. The molecule has 0 spiro atoms. The number of anilines is 2. The van der Waals surface area contributed by atoms with Crippen molar-refractivity contribution < 1.29 is 0 Å². The lowest BCUT2D eigenvalue weighted by atomic mass is 10.2. The second-order valence-corrected chi connectivity index (χ2v) is 4.58. The summed E-state index contributed by atoms with van der Waals surface area (Å²) in [6.45, 7) is 4.75. The van der Waals surface area contributed by atoms with E-state index in [1.54, 1.807) is 6.20 Å². The van der Waals surface area contributed by atoms with Gasteiger partial charge in [0.1, 0.15) is 17.5 Å². The van der Waals surface area contributed by atoms with Gasteiger partial charge in [0, 0.05) is 43.9 Å². The molecule has 0 saturated heterocycles. The molecule has 2 aromatic heterocycles. The van der Waals surface area contributed by atoms with Crippen molar-refractivity contribution >= 4 is 11.6 Å². The summed E-state index contributed by atoms with van der Waals surface area (Å²) in [6.07, 6.45) is 3.45. The van der Waals surface area contributed by atoms with Crippen LogP contribution in [0, 0.1) is 6.92 Å². The van der Waals surface area contributed by atoms with Crippen molar-refractivity contribution in [1.29, 1.82) is 0 Å². The van der Waals surface area contributed by atoms with E-state index in [1.807, 2.05) is 31.6 Å². The Morgan fingerprint density at radius 1 is 1.30 bits per heavy atom. The minimum absolute atomic E-state index is 0.667. The zero-order valence-electron chi connectivity index (χ0n) is 12.1. The minimum atomic E-state index is 0.667. The molecule has 0 aliphatic rings. The van der Waals surface area contributed by atoms with Gasteiger partial charge in [-0.15, -0.1) is 0 Å². The third-order valence-electron chi connectivity index (χ3n) is 3.24. The van der Waals surface area contributed by atoms with Crippen LogP contribution in [0.15, 0.2) is 12.3 Å². The fraction of sp³-hybridized carbons (Fsp3) is 0.462. The summed E-state index contributed by atoms with van der Waals surface area (Å²) in [5.41, 5.74) is 4.72. The number of nitrogens with two attached hydrogens (primary N) is 1. The first-order valence-corrected chi connectivity index (χ1v) is 6.70. The van der Waals surface area contributed by atoms with Crippen LogP contribution in [0.25, 0.3) is 0 Å². The SMILES string of the molecule is CCc1nc(NN)c(C)c(NCCc2ccnn2C)n1. The van der Waals surface area contributed by atoms with E-state index in [0.717, 1.165) is 36.6 Å². The molecule has 0 bridgehead atoms. The standard InChI is InChI=1S/C13H21N7/c1-4-11-17-12(9(2)13(18-11)19-14)15-7-5-10-6-8-16-20(10)3/h6,8H,4-5,7,14H2,1-3H3,(H2,15,17,18,19). The van der Waals surface area contributed by atoms with Crippen LogP contribution >= 0.6 is 0 Å². The van der Waals surface area contributed by atoms with Gasteiger partial charge in [0.2, 0.25) is 0 Å². The molecule has 0 amide bonds. The average Bonchev–Trinajstić information content (AvgIpc) is 2.86. The monoisotopic (exact) mass is 275 g/mol. The smallest absolute Gasteiger partial charge is 0.148 e. The Kier molecular flexibility index (Phi) is 4.52. The van der Waals surface area contributed by atoms with Crippen LogP contribution in [-0.2, 0) is 19.9 Å². The van der Waals surface area contributed by atoms with Gasteiger partial charge in [-0.25, -0.2) is 15.8 Å². The molecule has 4 N–H and O–H groups in total. The quantitative estimate of drug-likeness (QED) is 0.538. The van der Waals surface area contributed by atoms with E-state index in [1.165, 1.54) is 5.69 Å². The van der Waals surface area contributed by atoms with E-state index in [0.29, 0.717) is 5.82 Å². The average molecular weight is 275 g/mol. The van der Waals surface area contributed by atoms with E-state index < -0.39 is 0 Å². The second-order valence-electron chi connectivity index (χ2n) is 4.58. The van der Waals surface area contributed by atoms with Crippen LogP contribution in [0.4, 0.5) is 11.6 Å². The minimum Gasteiger partial charge on any atom is -0.369 e. The molecule has 0 atom stereocenters. The molecule has 0 aliphatic carbocycles. The molecule has 20 heavy (non-hydrogen) atoms. The van der Waals surface area contributed by atoms with Gasteiger partial charge in [-0.2, -0.15) is 5.10 Å². The van der Waals surface area contributed by atoms with Gasteiger partial charge < -0.3 is 10.7 Å². The van der Waals surface area contributed by atoms with E-state index in [9.17, 15) is 0 Å². The van der Waals surface area contributed by atoms with Crippen molar-refractivity contribution in [3.63, 3.8) is 0 Å². The molecule has 7 nitrogen and oxygen atoms in total. The van der Waals surface area contributed by atoms with Gasteiger partial charge in [-0.1, -0.05) is 6.92 Å². The highest BCUT2D eigenvalue weighted by Crippen LogP contribution is 2.19. The van der Waals surface area contributed by atoms with Crippen molar-refractivity contribution in [2.24, 2.45) is 12.9 Å². The predicted octanol–water partition coefficient (Wildman–Crippen LogP) is 1.02. The fourth-order valence-electron chi connectivity index (χ4n) is 1.99. The van der Waals surface area contributed by atoms with Gasteiger partial charge >= 0.3 is 0 Å². The van der Waals surface area contributed by atoms with Crippen LogP contribution in [0.1, 0.15) is 24.0 Å². The molecule has 0 radical (unpaired) electrons. The Balaban J connectivity index is 2.07. The highest BCUT2D eigenvalue weighted by molar-refractivity contribution is 5.56. The zero-order valence-corrected chi connectivity index (χ0v) is 12.1. The third kappa shape index (κ3) is 3.05. The lowest BCUT2D eigenvalue weighted by Crippen LogP contribution is -2.16. The van der Waals surface area contributed by atoms with Crippen molar-refractivity contribution in [2.45, 2.75) is 26.7 Å². The first kappa shape index (κ1) is 14.3. The number of hydrogen-bond acceptors (Lipinski definition) is 6. The van der Waals surface area contributed by atoms with Crippen LogP contribution < -0.4 is 16.6 Å². The summed E-state index contributed by atoms with van der Waals surface area (Å²) in [7, 11) is 1.94. The van der Waals surface area contributed by atoms with Gasteiger partial charge in [-0.3, -0.25) is 4.68 Å². The van der Waals surface area contributed by atoms with Gasteiger partial charge in [0.15, 0.2) is 0 Å². The van der Waals surface area contributed by atoms with E-state index in [2.05, 4.69) is 25.8 Å². The topological polar surface area (TPSA) is 93.7 Å². The molecular formula is C13H21N7. The van der Waals surface area contributed by atoms with Crippen LogP contribution in [0.2, 0.25) is 0 Å². The Bertz CT molecular complexity index is 576. The summed E-state index contributed by atoms with van der Waals surface area (Å²) >= 11 is 0. The van der Waals surface area contributed by atoms with Crippen molar-refractivity contribution in [1.82, 2.24) is 19.7 Å². The number of aryl methyl sites for hydroxylation is 2. The molecule has 7 heteroatoms. The number of nitrogen functional groups attached to an aromatic ring is 1. The van der Waals surface area contributed by atoms with E-state index in [4.69, 9.17) is 5.84 Å². The number of aromatic nitrogens is 4. The maximum absolute atomic E-state index is 5.49. The normalized spacial score (nSPS) is 10.6. The van der Waals surface area contributed by atoms with E-state index in [-0.39, 0.29) is 0 Å². The Hall–Kier alpha value is -2.15. The summed E-state index contributed by atoms with van der Waals surface area (Å²) in [5.74, 6) is 7.75. The number of nitrogens with one attached hydrogen (secondary N) is 2. The van der Waals surface area contributed by atoms with Gasteiger partial charge in [0.25, 0.3) is 0 Å². The number of hydrazine groups is 1. The maximum atomic E-state index is 5.49. The molecular weight excluding hydrogens is 254 g/mol. The molecule has 0 unspecified atom stereocenters. The highest BCUT2D eigenvalue weighted by Gasteiger charge is 2.09. The summed E-state index contributed by atoms with van der Waals surface area (Å²) < 4.78 is 1.87. The number of nitrogens with zero attached hydrogens (tertiary/aromatic N) is 4. The van der Waals surface area contributed by atoms with Gasteiger partial charge in [-0.05, 0) is 13.0 Å². The van der Waals surface area contributed by atoms with Gasteiger partial charge in [0.05, 0.1) is 0 Å². The second kappa shape index (κ2) is 6.33. The Morgan fingerprint density at radius 2 is 2.05 bits per heavy atom. The first-order chi connectivity index (χ1) is 9.65. The Morgan fingerprint density at radius 3 is 2.65 bits per heavy atom. The molecule has 108 valence electrons. The molecule has 0 aliphatic heterocycles. The van der Waals surface area contributed by atoms with Crippen LogP contribution in [-0.4, -0.2) is 26.3 Å². The van der Waals surface area contributed by atoms with Crippen LogP contribution in [0.3, 0.4) is 0 Å². The lowest BCUT2D eigenvalue weighted by molar-refractivity contribution is 0.710. The fourth-order valence-corrected chi connectivity index (χ4v) is 1.99. The van der Waals surface area contributed by atoms with Crippen molar-refractivity contribution in [3.05, 3.63) is 29.3 Å². The number of hydrogen-bond donors (Lipinski definition) is 3. The van der Waals surface area contributed by atoms with Crippen LogP contribution in [0.5, 0.6) is 0 Å². The largest absolute Gasteiger partial charge is 0.369 e. The predicted molar refractivity (Wildman–Crippen MR) is 79.4 cm³/mol. The molecule has 0 fully saturated rings. The summed E-state index contributed by atoms with van der Waals surface area (Å²) in [5, 5.41) is 7.49. The molecule has 2 aromatic rings. The summed E-state index contributed by atoms with van der Waals surface area (Å²) in [4.78, 5) is 8.84. The highest BCUT2D eigenvalue weighted by atomic mass is 15.3. The Labute approximate surface area is 118 Å². The number of rotatable bonds is 6. The maximum Gasteiger partial charge on any atom is 0.148 e. The molecule has 2 rings (SSSR count). The van der Waals surface area contributed by atoms with Crippen molar-refractivity contribution in [2.75, 3.05) is 17.3 Å². The van der Waals surface area contributed by atoms with E-state index >= 15 is 0 Å². The summed E-state index contributed by atoms with van der Waals surface area (Å²) in [6, 6.07) is 2.01. The molecule has 0 saturated carbocycles.